The summed E-state index contributed by atoms with van der Waals surface area (Å²) in [6.07, 6.45) is 6.96. The summed E-state index contributed by atoms with van der Waals surface area (Å²) in [4.78, 5) is 4.85. The van der Waals surface area contributed by atoms with Crippen molar-refractivity contribution in [1.29, 1.82) is 0 Å². The van der Waals surface area contributed by atoms with Crippen LogP contribution >= 0.6 is 0 Å². The summed E-state index contributed by atoms with van der Waals surface area (Å²) >= 11 is 0. The minimum absolute atomic E-state index is 1.08. The third-order valence-electron chi connectivity index (χ3n) is 17.6. The fraction of sp³-hybridized carbons (Fsp3) is 0.127. The van der Waals surface area contributed by atoms with Crippen molar-refractivity contribution in [2.75, 3.05) is 9.80 Å². The van der Waals surface area contributed by atoms with E-state index in [-0.39, 0.29) is 0 Å². The van der Waals surface area contributed by atoms with Crippen LogP contribution in [0.3, 0.4) is 0 Å². The quantitative estimate of drug-likeness (QED) is 0.152. The van der Waals surface area contributed by atoms with Crippen LogP contribution in [0, 0.1) is 13.8 Å². The van der Waals surface area contributed by atoms with E-state index in [1.807, 2.05) is 0 Å². The molecule has 7 heteroatoms. The Kier molecular flexibility index (Phi) is 10.2. The Morgan fingerprint density at radius 1 is 0.295 bits per heavy atom. The summed E-state index contributed by atoms with van der Waals surface area (Å²) in [6, 6.07) is 72.4. The molecular formula is C71H59N7. The first kappa shape index (κ1) is 45.9. The van der Waals surface area contributed by atoms with Gasteiger partial charge in [0.25, 0.3) is 0 Å². The van der Waals surface area contributed by atoms with Crippen molar-refractivity contribution in [3.8, 4) is 22.5 Å². The zero-order valence-corrected chi connectivity index (χ0v) is 45.2. The van der Waals surface area contributed by atoms with Crippen molar-refractivity contribution in [1.82, 2.24) is 22.8 Å². The third-order valence-corrected chi connectivity index (χ3v) is 17.6. The van der Waals surface area contributed by atoms with Crippen LogP contribution in [0.2, 0.25) is 0 Å². The number of hydrogen-bond acceptors (Lipinski definition) is 2. The zero-order valence-electron chi connectivity index (χ0n) is 45.2. The fourth-order valence-corrected chi connectivity index (χ4v) is 13.6. The van der Waals surface area contributed by atoms with Gasteiger partial charge in [-0.3, -0.25) is 0 Å². The Labute approximate surface area is 453 Å². The zero-order chi connectivity index (χ0) is 52.7. The summed E-state index contributed by atoms with van der Waals surface area (Å²) in [6.45, 7) is 4.55. The minimum atomic E-state index is 1.08. The standard InChI is InChI=1S/C71H59N7/c1-44-45(2)71(47-26-30-49(31-27-47)78(52-34-38-60-56-18-10-14-22-64(56)74(5)68(60)42-52)53-35-39-61-57-19-11-15-23-65(57)75(6)69(61)43-53)76(7)70(44)46-24-28-48(29-25-46)77(50-32-36-58-54-16-8-12-20-62(54)72(3)66(58)40-50)51-33-37-59-55-17-9-13-21-63(55)73(4)67(59)41-51/h8-10,12-14,16-43H,11,15H2,1-7H3. The molecule has 0 unspecified atom stereocenters. The number of aryl methyl sites for hydroxylation is 4. The molecule has 5 heterocycles. The Balaban J connectivity index is 0.816. The molecule has 0 fully saturated rings. The minimum Gasteiger partial charge on any atom is -0.344 e. The van der Waals surface area contributed by atoms with E-state index in [0.717, 1.165) is 47.0 Å². The Morgan fingerprint density at radius 3 is 1.01 bits per heavy atom. The van der Waals surface area contributed by atoms with Gasteiger partial charge in [-0.2, -0.15) is 0 Å². The highest BCUT2D eigenvalue weighted by Gasteiger charge is 2.23. The van der Waals surface area contributed by atoms with E-state index >= 15 is 0 Å². The summed E-state index contributed by atoms with van der Waals surface area (Å²) < 4.78 is 11.8. The van der Waals surface area contributed by atoms with Gasteiger partial charge in [-0.05, 0) is 140 Å². The van der Waals surface area contributed by atoms with Gasteiger partial charge in [0.1, 0.15) is 0 Å². The molecule has 0 atom stereocenters. The highest BCUT2D eigenvalue weighted by molar-refractivity contribution is 6.12. The highest BCUT2D eigenvalue weighted by Crippen LogP contribution is 2.44. The predicted octanol–water partition coefficient (Wildman–Crippen LogP) is 16.7. The molecular weight excluding hydrogens is 951 g/mol. The van der Waals surface area contributed by atoms with Crippen molar-refractivity contribution in [3.63, 3.8) is 0 Å². The molecule has 0 aliphatic heterocycles. The normalized spacial score (nSPS) is 12.7. The average Bonchev–Trinajstić information content (AvgIpc) is 4.23. The van der Waals surface area contributed by atoms with Crippen LogP contribution in [0.15, 0.2) is 194 Å². The molecule has 78 heavy (non-hydrogen) atoms. The van der Waals surface area contributed by atoms with Crippen LogP contribution in [-0.2, 0) is 35.2 Å². The molecule has 0 saturated carbocycles. The summed E-state index contributed by atoms with van der Waals surface area (Å²) in [5, 5.41) is 11.6. The molecule has 7 nitrogen and oxygen atoms in total. The molecule has 9 aromatic carbocycles. The Bertz CT molecular complexity index is 4810. The average molecular weight is 1010 g/mol. The highest BCUT2D eigenvalue weighted by atomic mass is 15.2. The molecule has 5 aromatic heterocycles. The fourth-order valence-electron chi connectivity index (χ4n) is 13.6. The third kappa shape index (κ3) is 6.70. The van der Waals surface area contributed by atoms with Gasteiger partial charge in [0.2, 0.25) is 0 Å². The van der Waals surface area contributed by atoms with E-state index in [2.05, 4.69) is 288 Å². The number of rotatable bonds is 8. The summed E-state index contributed by atoms with van der Waals surface area (Å²) in [7, 11) is 11.0. The Morgan fingerprint density at radius 2 is 0.615 bits per heavy atom. The van der Waals surface area contributed by atoms with E-state index in [4.69, 9.17) is 0 Å². The Hall–Kier alpha value is -9.46. The van der Waals surface area contributed by atoms with Crippen molar-refractivity contribution < 1.29 is 0 Å². The number of benzene rings is 9. The van der Waals surface area contributed by atoms with Crippen LogP contribution in [0.5, 0.6) is 0 Å². The molecule has 0 saturated heterocycles. The van der Waals surface area contributed by atoms with E-state index < -0.39 is 0 Å². The summed E-state index contributed by atoms with van der Waals surface area (Å²) in [5.41, 5.74) is 22.6. The maximum atomic E-state index is 2.43. The van der Waals surface area contributed by atoms with Crippen molar-refractivity contribution in [3.05, 3.63) is 216 Å². The van der Waals surface area contributed by atoms with Crippen LogP contribution in [-0.4, -0.2) is 22.8 Å². The second-order valence-corrected chi connectivity index (χ2v) is 21.6. The predicted molar refractivity (Wildman–Crippen MR) is 331 cm³/mol. The molecule has 1 aliphatic rings. The molecule has 0 bridgehead atoms. The number of hydrogen-bond donors (Lipinski definition) is 0. The first-order chi connectivity index (χ1) is 38.1. The van der Waals surface area contributed by atoms with E-state index in [0.29, 0.717) is 0 Å². The van der Waals surface area contributed by atoms with Crippen molar-refractivity contribution in [2.45, 2.75) is 26.7 Å². The first-order valence-electron chi connectivity index (χ1n) is 27.3. The van der Waals surface area contributed by atoms with Crippen molar-refractivity contribution >= 4 is 123 Å². The number of anilines is 6. The molecule has 0 spiro atoms. The monoisotopic (exact) mass is 1010 g/mol. The largest absolute Gasteiger partial charge is 0.344 e. The van der Waals surface area contributed by atoms with E-state index in [9.17, 15) is 0 Å². The maximum Gasteiger partial charge on any atom is 0.0515 e. The second-order valence-electron chi connectivity index (χ2n) is 21.6. The molecule has 0 N–H and O–H groups in total. The van der Waals surface area contributed by atoms with E-state index in [1.165, 1.54) is 121 Å². The molecule has 0 radical (unpaired) electrons. The van der Waals surface area contributed by atoms with Crippen LogP contribution in [0.1, 0.15) is 24.0 Å². The lowest BCUT2D eigenvalue weighted by molar-refractivity contribution is 0.909. The van der Waals surface area contributed by atoms with Crippen molar-refractivity contribution in [2.24, 2.45) is 35.2 Å². The van der Waals surface area contributed by atoms with Crippen LogP contribution in [0.25, 0.3) is 111 Å². The van der Waals surface area contributed by atoms with Gasteiger partial charge in [-0.15, -0.1) is 0 Å². The molecule has 378 valence electrons. The topological polar surface area (TPSA) is 31.1 Å². The number of aromatic nitrogens is 5. The van der Waals surface area contributed by atoms with Gasteiger partial charge in [0, 0.05) is 134 Å². The van der Waals surface area contributed by atoms with Gasteiger partial charge in [-0.1, -0.05) is 115 Å². The van der Waals surface area contributed by atoms with Gasteiger partial charge >= 0.3 is 0 Å². The molecule has 1 aliphatic carbocycles. The van der Waals surface area contributed by atoms with Gasteiger partial charge in [0.05, 0.1) is 33.5 Å². The summed E-state index contributed by atoms with van der Waals surface area (Å²) in [5.74, 6) is 0. The van der Waals surface area contributed by atoms with Crippen LogP contribution in [0.4, 0.5) is 34.1 Å². The van der Waals surface area contributed by atoms with Gasteiger partial charge in [-0.25, -0.2) is 0 Å². The lowest BCUT2D eigenvalue weighted by Crippen LogP contribution is -2.29. The van der Waals surface area contributed by atoms with E-state index in [1.54, 1.807) is 0 Å². The smallest absolute Gasteiger partial charge is 0.0515 e. The number of para-hydroxylation sites is 3. The lowest BCUT2D eigenvalue weighted by atomic mass is 10.0. The van der Waals surface area contributed by atoms with Gasteiger partial charge in [0.15, 0.2) is 0 Å². The molecule has 14 aromatic rings. The van der Waals surface area contributed by atoms with Gasteiger partial charge < -0.3 is 32.6 Å². The lowest BCUT2D eigenvalue weighted by Gasteiger charge is -2.26. The molecule has 15 rings (SSSR count). The first-order valence-corrected chi connectivity index (χ1v) is 27.3. The number of fused-ring (bicyclic) bond motifs is 12. The second kappa shape index (κ2) is 17.3. The van der Waals surface area contributed by atoms with Crippen LogP contribution < -0.4 is 20.4 Å². The molecule has 0 amide bonds. The maximum absolute atomic E-state index is 2.43. The number of nitrogens with zero attached hydrogens (tertiary/aromatic N) is 7. The SMILES string of the molecule is Cc1c(C)c(-c2ccc(N(c3ccc4c5ccccc5n(C)c4c3)c3ccc4c5ccccc5n(C)c4c3)cc2)n(C)c1-c1ccc(N(c2ccc3c4c(n(C)c3c2)=CCCC=4)c2ccc3c4ccccc4n(C)c3c2)cc1.